The number of nitrogens with zero attached hydrogens (tertiary/aromatic N) is 1. The van der Waals surface area contributed by atoms with E-state index in [1.165, 1.54) is 0 Å². The van der Waals surface area contributed by atoms with Crippen LogP contribution in [0.15, 0.2) is 5.16 Å². The molecule has 0 aliphatic carbocycles. The zero-order chi connectivity index (χ0) is 10.3. The van der Waals surface area contributed by atoms with E-state index in [0.717, 1.165) is 0 Å². The zero-order valence-corrected chi connectivity index (χ0v) is 8.00. The second kappa shape index (κ2) is 6.06. The van der Waals surface area contributed by atoms with Gasteiger partial charge in [-0.3, -0.25) is 0 Å². The molecule has 0 aromatic carbocycles. The fourth-order valence-electron chi connectivity index (χ4n) is 0.558. The van der Waals surface area contributed by atoms with Gasteiger partial charge < -0.3 is 9.94 Å². The van der Waals surface area contributed by atoms with Gasteiger partial charge in [-0.2, -0.15) is 0 Å². The molecular formula is C9H13NO3. The van der Waals surface area contributed by atoms with E-state index in [1.807, 2.05) is 13.8 Å². The highest BCUT2D eigenvalue weighted by molar-refractivity contribution is 6.01. The summed E-state index contributed by atoms with van der Waals surface area (Å²) in [5.74, 6) is 4.51. The van der Waals surface area contributed by atoms with Gasteiger partial charge in [-0.1, -0.05) is 24.9 Å². The monoisotopic (exact) mass is 183 g/mol. The van der Waals surface area contributed by atoms with E-state index in [0.29, 0.717) is 5.71 Å². The van der Waals surface area contributed by atoms with Crippen molar-refractivity contribution in [3.05, 3.63) is 0 Å². The van der Waals surface area contributed by atoms with Crippen molar-refractivity contribution < 1.29 is 14.7 Å². The number of rotatable bonds is 4. The van der Waals surface area contributed by atoms with Crippen molar-refractivity contribution in [1.29, 1.82) is 0 Å². The number of hydrogen-bond donors (Lipinski definition) is 1. The number of hydrogen-bond acceptors (Lipinski definition) is 3. The van der Waals surface area contributed by atoms with Crippen LogP contribution in [0.1, 0.15) is 20.8 Å². The summed E-state index contributed by atoms with van der Waals surface area (Å²) in [5, 5.41) is 11.9. The summed E-state index contributed by atoms with van der Waals surface area (Å²) < 4.78 is 0. The lowest BCUT2D eigenvalue weighted by atomic mass is 10.1. The molecule has 13 heavy (non-hydrogen) atoms. The molecule has 0 saturated carbocycles. The van der Waals surface area contributed by atoms with E-state index in [4.69, 9.17) is 5.11 Å². The summed E-state index contributed by atoms with van der Waals surface area (Å²) in [4.78, 5) is 14.6. The summed E-state index contributed by atoms with van der Waals surface area (Å²) in [7, 11) is 0. The van der Waals surface area contributed by atoms with Crippen molar-refractivity contribution in [2.75, 3.05) is 6.61 Å². The lowest BCUT2D eigenvalue weighted by Crippen LogP contribution is -2.09. The van der Waals surface area contributed by atoms with Crippen LogP contribution in [0.3, 0.4) is 0 Å². The van der Waals surface area contributed by atoms with Crippen LogP contribution in [-0.4, -0.2) is 23.4 Å². The van der Waals surface area contributed by atoms with Crippen molar-refractivity contribution in [3.63, 3.8) is 0 Å². The quantitative estimate of drug-likeness (QED) is 0.403. The van der Waals surface area contributed by atoms with Crippen LogP contribution < -0.4 is 0 Å². The average Bonchev–Trinajstić information content (AvgIpc) is 2.02. The molecule has 0 rings (SSSR count). The minimum Gasteiger partial charge on any atom is -0.479 e. The molecule has 0 aliphatic rings. The maximum atomic E-state index is 10.1. The number of aliphatic carboxylic acids is 1. The maximum absolute atomic E-state index is 10.1. The average molecular weight is 183 g/mol. The third kappa shape index (κ3) is 5.74. The van der Waals surface area contributed by atoms with Crippen molar-refractivity contribution in [2.24, 2.45) is 11.1 Å². The van der Waals surface area contributed by atoms with E-state index in [2.05, 4.69) is 21.8 Å². The molecule has 0 unspecified atom stereocenters. The first-order chi connectivity index (χ1) is 6.07. The molecule has 0 saturated heterocycles. The minimum absolute atomic E-state index is 0.140. The smallest absolute Gasteiger partial charge is 0.344 e. The Labute approximate surface area is 77.6 Å². The SMILES string of the molecule is CC#C/C(=N\OCC(=O)O)C(C)C. The Morgan fingerprint density at radius 1 is 1.62 bits per heavy atom. The standard InChI is InChI=1S/C9H13NO3/c1-4-5-8(7(2)3)10-13-6-9(11)12/h7H,6H2,1-3H3,(H,11,12)/b10-8+. The first kappa shape index (κ1) is 11.5. The molecule has 0 radical (unpaired) electrons. The van der Waals surface area contributed by atoms with E-state index in [-0.39, 0.29) is 5.92 Å². The van der Waals surface area contributed by atoms with E-state index in [9.17, 15) is 4.79 Å². The molecule has 0 amide bonds. The molecule has 72 valence electrons. The van der Waals surface area contributed by atoms with Crippen molar-refractivity contribution in [1.82, 2.24) is 0 Å². The normalized spacial score (nSPS) is 10.6. The molecular weight excluding hydrogens is 170 g/mol. The highest BCUT2D eigenvalue weighted by Gasteiger charge is 2.02. The van der Waals surface area contributed by atoms with E-state index < -0.39 is 12.6 Å². The van der Waals surface area contributed by atoms with Crippen LogP contribution in [0, 0.1) is 17.8 Å². The van der Waals surface area contributed by atoms with Gasteiger partial charge in [0.05, 0.1) is 0 Å². The predicted molar refractivity (Wildman–Crippen MR) is 49.3 cm³/mol. The van der Waals surface area contributed by atoms with Crippen LogP contribution in [0.25, 0.3) is 0 Å². The molecule has 0 heterocycles. The van der Waals surface area contributed by atoms with Gasteiger partial charge >= 0.3 is 5.97 Å². The number of carboxylic acids is 1. The molecule has 0 aliphatic heterocycles. The number of oxime groups is 1. The van der Waals surface area contributed by atoms with Gasteiger partial charge in [0.25, 0.3) is 0 Å². The van der Waals surface area contributed by atoms with E-state index >= 15 is 0 Å². The minimum atomic E-state index is -1.05. The molecule has 0 atom stereocenters. The second-order valence-electron chi connectivity index (χ2n) is 2.67. The van der Waals surface area contributed by atoms with Gasteiger partial charge in [0, 0.05) is 5.92 Å². The van der Waals surface area contributed by atoms with Gasteiger partial charge in [0.2, 0.25) is 6.61 Å². The third-order valence-corrected chi connectivity index (χ3v) is 1.15. The van der Waals surface area contributed by atoms with Crippen molar-refractivity contribution in [3.8, 4) is 11.8 Å². The molecule has 1 N–H and O–H groups in total. The Morgan fingerprint density at radius 3 is 2.62 bits per heavy atom. The summed E-state index contributed by atoms with van der Waals surface area (Å²) in [6.07, 6.45) is 0. The summed E-state index contributed by atoms with van der Waals surface area (Å²) >= 11 is 0. The highest BCUT2D eigenvalue weighted by Crippen LogP contribution is 1.96. The lowest BCUT2D eigenvalue weighted by molar-refractivity contribution is -0.142. The Balaban J connectivity index is 4.18. The fraction of sp³-hybridized carbons (Fsp3) is 0.556. The highest BCUT2D eigenvalue weighted by atomic mass is 16.6. The van der Waals surface area contributed by atoms with Gasteiger partial charge in [0.15, 0.2) is 0 Å². The maximum Gasteiger partial charge on any atom is 0.344 e. The predicted octanol–water partition coefficient (Wildman–Crippen LogP) is 1.12. The summed E-state index contributed by atoms with van der Waals surface area (Å²) in [5.41, 5.74) is 0.559. The second-order valence-corrected chi connectivity index (χ2v) is 2.67. The number of carboxylic acid groups (broad SMARTS) is 1. The van der Waals surface area contributed by atoms with Crippen LogP contribution in [0.5, 0.6) is 0 Å². The third-order valence-electron chi connectivity index (χ3n) is 1.15. The first-order valence-corrected chi connectivity index (χ1v) is 3.92. The number of carbonyl (C=O) groups is 1. The molecule has 0 fully saturated rings. The Hall–Kier alpha value is -1.50. The summed E-state index contributed by atoms with van der Waals surface area (Å²) in [6, 6.07) is 0. The molecule has 0 bridgehead atoms. The van der Waals surface area contributed by atoms with Crippen molar-refractivity contribution in [2.45, 2.75) is 20.8 Å². The first-order valence-electron chi connectivity index (χ1n) is 3.92. The molecule has 0 aromatic heterocycles. The lowest BCUT2D eigenvalue weighted by Gasteiger charge is -2.01. The molecule has 0 aromatic rings. The topological polar surface area (TPSA) is 58.9 Å². The summed E-state index contributed by atoms with van der Waals surface area (Å²) in [6.45, 7) is 5.08. The van der Waals surface area contributed by atoms with Crippen LogP contribution in [0.2, 0.25) is 0 Å². The van der Waals surface area contributed by atoms with Crippen LogP contribution in [-0.2, 0) is 9.63 Å². The zero-order valence-electron chi connectivity index (χ0n) is 8.00. The van der Waals surface area contributed by atoms with Crippen LogP contribution >= 0.6 is 0 Å². The Morgan fingerprint density at radius 2 is 2.23 bits per heavy atom. The Kier molecular flexibility index (Phi) is 5.37. The van der Waals surface area contributed by atoms with Crippen molar-refractivity contribution >= 4 is 11.7 Å². The van der Waals surface area contributed by atoms with Crippen LogP contribution in [0.4, 0.5) is 0 Å². The van der Waals surface area contributed by atoms with Gasteiger partial charge in [-0.05, 0) is 12.8 Å². The largest absolute Gasteiger partial charge is 0.479 e. The van der Waals surface area contributed by atoms with Gasteiger partial charge in [-0.15, -0.1) is 0 Å². The fourth-order valence-corrected chi connectivity index (χ4v) is 0.558. The molecule has 4 heteroatoms. The van der Waals surface area contributed by atoms with E-state index in [1.54, 1.807) is 6.92 Å². The molecule has 0 spiro atoms. The Bertz CT molecular complexity index is 258. The van der Waals surface area contributed by atoms with Gasteiger partial charge in [-0.25, -0.2) is 4.79 Å². The molecule has 4 nitrogen and oxygen atoms in total. The van der Waals surface area contributed by atoms with Gasteiger partial charge in [0.1, 0.15) is 5.71 Å².